The minimum atomic E-state index is 0.446. The van der Waals surface area contributed by atoms with Gasteiger partial charge in [-0.25, -0.2) is 10.8 Å². The monoisotopic (exact) mass is 242 g/mol. The maximum absolute atomic E-state index is 5.57. The topological polar surface area (TPSA) is 62.9 Å². The van der Waals surface area contributed by atoms with Crippen molar-refractivity contribution in [3.63, 3.8) is 0 Å². The van der Waals surface area contributed by atoms with Crippen molar-refractivity contribution in [2.24, 2.45) is 10.8 Å². The standard InChI is InChI=1S/C12H26N4O/c1-3-16(9-10-17-4-2)12(15-13)14-11-7-5-6-8-11/h11H,3-10,13H2,1-2H3,(H,14,15). The first-order chi connectivity index (χ1) is 8.31. The number of guanidine groups is 1. The van der Waals surface area contributed by atoms with E-state index in [1.54, 1.807) is 0 Å². The van der Waals surface area contributed by atoms with Crippen molar-refractivity contribution in [2.75, 3.05) is 26.3 Å². The zero-order chi connectivity index (χ0) is 12.5. The molecule has 1 fully saturated rings. The molecule has 0 amide bonds. The summed E-state index contributed by atoms with van der Waals surface area (Å²) >= 11 is 0. The third kappa shape index (κ3) is 4.91. The van der Waals surface area contributed by atoms with E-state index in [0.717, 1.165) is 32.3 Å². The smallest absolute Gasteiger partial charge is 0.208 e. The molecule has 5 heteroatoms. The normalized spacial score (nSPS) is 17.5. The number of ether oxygens (including phenoxy) is 1. The van der Waals surface area contributed by atoms with Crippen LogP contribution < -0.4 is 11.3 Å². The highest BCUT2D eigenvalue weighted by Crippen LogP contribution is 2.21. The van der Waals surface area contributed by atoms with Gasteiger partial charge in [0.25, 0.3) is 0 Å². The lowest BCUT2D eigenvalue weighted by Gasteiger charge is -2.24. The Morgan fingerprint density at radius 2 is 2.12 bits per heavy atom. The number of nitrogens with two attached hydrogens (primary N) is 1. The van der Waals surface area contributed by atoms with E-state index in [2.05, 4.69) is 17.2 Å². The van der Waals surface area contributed by atoms with Crippen LogP contribution in [0.2, 0.25) is 0 Å². The summed E-state index contributed by atoms with van der Waals surface area (Å²) in [5, 5.41) is 0. The molecule has 0 bridgehead atoms. The molecular weight excluding hydrogens is 216 g/mol. The number of nitrogens with one attached hydrogen (secondary N) is 1. The third-order valence-electron chi connectivity index (χ3n) is 3.15. The van der Waals surface area contributed by atoms with Gasteiger partial charge in [0.05, 0.1) is 12.6 Å². The van der Waals surface area contributed by atoms with Gasteiger partial charge < -0.3 is 9.64 Å². The van der Waals surface area contributed by atoms with Crippen LogP contribution in [0.3, 0.4) is 0 Å². The number of likely N-dealkylation sites (N-methyl/N-ethyl adjacent to an activating group) is 1. The van der Waals surface area contributed by atoms with Gasteiger partial charge in [-0.3, -0.25) is 5.43 Å². The number of aliphatic imine (C=N–C) groups is 1. The summed E-state index contributed by atoms with van der Waals surface area (Å²) in [4.78, 5) is 6.83. The Kier molecular flexibility index (Phi) is 6.96. The van der Waals surface area contributed by atoms with Gasteiger partial charge >= 0.3 is 0 Å². The Morgan fingerprint density at radius 1 is 1.41 bits per heavy atom. The highest BCUT2D eigenvalue weighted by Gasteiger charge is 2.16. The molecule has 1 aliphatic rings. The van der Waals surface area contributed by atoms with Gasteiger partial charge in [-0.15, -0.1) is 0 Å². The molecule has 0 aliphatic heterocycles. The molecule has 17 heavy (non-hydrogen) atoms. The first-order valence-corrected chi connectivity index (χ1v) is 6.68. The predicted octanol–water partition coefficient (Wildman–Crippen LogP) is 1.11. The molecule has 0 unspecified atom stereocenters. The molecule has 0 aromatic carbocycles. The zero-order valence-corrected chi connectivity index (χ0v) is 11.1. The summed E-state index contributed by atoms with van der Waals surface area (Å²) in [5.41, 5.74) is 2.73. The largest absolute Gasteiger partial charge is 0.380 e. The Bertz CT molecular complexity index is 227. The Balaban J connectivity index is 2.48. The van der Waals surface area contributed by atoms with Crippen molar-refractivity contribution in [3.8, 4) is 0 Å². The van der Waals surface area contributed by atoms with Crippen LogP contribution in [0.5, 0.6) is 0 Å². The average Bonchev–Trinajstić information content (AvgIpc) is 2.85. The van der Waals surface area contributed by atoms with Gasteiger partial charge in [0.2, 0.25) is 5.96 Å². The lowest BCUT2D eigenvalue weighted by Crippen LogP contribution is -2.46. The molecule has 100 valence electrons. The number of hydrogen-bond acceptors (Lipinski definition) is 3. The molecule has 0 heterocycles. The van der Waals surface area contributed by atoms with E-state index in [-0.39, 0.29) is 0 Å². The lowest BCUT2D eigenvalue weighted by molar-refractivity contribution is 0.132. The minimum Gasteiger partial charge on any atom is -0.380 e. The molecule has 0 atom stereocenters. The maximum atomic E-state index is 5.57. The van der Waals surface area contributed by atoms with Crippen LogP contribution in [0, 0.1) is 0 Å². The highest BCUT2D eigenvalue weighted by atomic mass is 16.5. The molecular formula is C12H26N4O. The van der Waals surface area contributed by atoms with Crippen LogP contribution in [0.1, 0.15) is 39.5 Å². The van der Waals surface area contributed by atoms with Crippen molar-refractivity contribution in [1.29, 1.82) is 0 Å². The summed E-state index contributed by atoms with van der Waals surface area (Å²) in [7, 11) is 0. The SMILES string of the molecule is CCOCCN(CC)C(=NC1CCCC1)NN. The van der Waals surface area contributed by atoms with E-state index in [0.29, 0.717) is 6.04 Å². The summed E-state index contributed by atoms with van der Waals surface area (Å²) in [5.74, 6) is 6.37. The molecule has 3 N–H and O–H groups in total. The number of hydrazine groups is 1. The fourth-order valence-electron chi connectivity index (χ4n) is 2.15. The molecule has 1 saturated carbocycles. The second-order valence-corrected chi connectivity index (χ2v) is 4.31. The minimum absolute atomic E-state index is 0.446. The van der Waals surface area contributed by atoms with Crippen molar-refractivity contribution >= 4 is 5.96 Å². The van der Waals surface area contributed by atoms with Gasteiger partial charge in [0.1, 0.15) is 0 Å². The second-order valence-electron chi connectivity index (χ2n) is 4.31. The molecule has 1 rings (SSSR count). The van der Waals surface area contributed by atoms with Crippen LogP contribution in [-0.2, 0) is 4.74 Å². The summed E-state index contributed by atoms with van der Waals surface area (Å²) < 4.78 is 5.37. The number of rotatable bonds is 6. The van der Waals surface area contributed by atoms with Gasteiger partial charge in [-0.05, 0) is 26.7 Å². The maximum Gasteiger partial charge on any atom is 0.208 e. The van der Waals surface area contributed by atoms with E-state index < -0.39 is 0 Å². The van der Waals surface area contributed by atoms with Crippen molar-refractivity contribution in [3.05, 3.63) is 0 Å². The molecule has 0 aromatic heterocycles. The van der Waals surface area contributed by atoms with Crippen molar-refractivity contribution in [2.45, 2.75) is 45.6 Å². The quantitative estimate of drug-likeness (QED) is 0.241. The van der Waals surface area contributed by atoms with Crippen LogP contribution in [-0.4, -0.2) is 43.2 Å². The van der Waals surface area contributed by atoms with Gasteiger partial charge in [0.15, 0.2) is 0 Å². The van der Waals surface area contributed by atoms with Crippen LogP contribution in [0.15, 0.2) is 4.99 Å². The van der Waals surface area contributed by atoms with Crippen LogP contribution >= 0.6 is 0 Å². The molecule has 5 nitrogen and oxygen atoms in total. The second kappa shape index (κ2) is 8.31. The first-order valence-electron chi connectivity index (χ1n) is 6.68. The van der Waals surface area contributed by atoms with E-state index in [1.165, 1.54) is 25.7 Å². The van der Waals surface area contributed by atoms with Gasteiger partial charge in [-0.2, -0.15) is 0 Å². The Hall–Kier alpha value is -0.810. The molecule has 1 aliphatic carbocycles. The third-order valence-corrected chi connectivity index (χ3v) is 3.15. The van der Waals surface area contributed by atoms with Crippen molar-refractivity contribution in [1.82, 2.24) is 10.3 Å². The highest BCUT2D eigenvalue weighted by molar-refractivity contribution is 5.79. The average molecular weight is 242 g/mol. The fraction of sp³-hybridized carbons (Fsp3) is 0.917. The van der Waals surface area contributed by atoms with Crippen molar-refractivity contribution < 1.29 is 4.74 Å². The predicted molar refractivity (Wildman–Crippen MR) is 70.8 cm³/mol. The Morgan fingerprint density at radius 3 is 2.65 bits per heavy atom. The summed E-state index contributed by atoms with van der Waals surface area (Å²) in [6.07, 6.45) is 4.95. The van der Waals surface area contributed by atoms with E-state index in [9.17, 15) is 0 Å². The molecule has 0 aromatic rings. The van der Waals surface area contributed by atoms with E-state index in [1.807, 2.05) is 6.92 Å². The molecule has 0 saturated heterocycles. The lowest BCUT2D eigenvalue weighted by atomic mass is 10.3. The number of nitrogens with zero attached hydrogens (tertiary/aromatic N) is 2. The summed E-state index contributed by atoms with van der Waals surface area (Å²) in [6.45, 7) is 7.31. The van der Waals surface area contributed by atoms with E-state index >= 15 is 0 Å². The van der Waals surface area contributed by atoms with E-state index in [4.69, 9.17) is 15.6 Å². The van der Waals surface area contributed by atoms with Gasteiger partial charge in [0, 0.05) is 19.7 Å². The molecule has 0 spiro atoms. The van der Waals surface area contributed by atoms with Gasteiger partial charge in [-0.1, -0.05) is 12.8 Å². The summed E-state index contributed by atoms with van der Waals surface area (Å²) in [6, 6.07) is 0.446. The fourth-order valence-corrected chi connectivity index (χ4v) is 2.15. The molecule has 0 radical (unpaired) electrons. The number of hydrogen-bond donors (Lipinski definition) is 2. The Labute approximate surface area is 104 Å². The zero-order valence-electron chi connectivity index (χ0n) is 11.1. The first kappa shape index (κ1) is 14.3. The van der Waals surface area contributed by atoms with Crippen LogP contribution in [0.25, 0.3) is 0 Å². The van der Waals surface area contributed by atoms with Crippen LogP contribution in [0.4, 0.5) is 0 Å².